The van der Waals surface area contributed by atoms with Crippen molar-refractivity contribution in [3.8, 4) is 6.07 Å². The lowest BCUT2D eigenvalue weighted by Gasteiger charge is -2.38. The van der Waals surface area contributed by atoms with Crippen LogP contribution < -0.4 is 21.6 Å². The lowest BCUT2D eigenvalue weighted by Crippen LogP contribution is -2.52. The van der Waals surface area contributed by atoms with Gasteiger partial charge in [0, 0.05) is 46.7 Å². The van der Waals surface area contributed by atoms with Crippen LogP contribution in [-0.2, 0) is 4.74 Å². The molecule has 0 unspecified atom stereocenters. The molecule has 42 heavy (non-hydrogen) atoms. The summed E-state index contributed by atoms with van der Waals surface area (Å²) in [6, 6.07) is 7.54. The molecule has 1 aromatic carbocycles. The fourth-order valence-electron chi connectivity index (χ4n) is 5.29. The van der Waals surface area contributed by atoms with Gasteiger partial charge in [-0.05, 0) is 38.0 Å². The van der Waals surface area contributed by atoms with E-state index < -0.39 is 23.7 Å². The maximum atomic E-state index is 13.9. The highest BCUT2D eigenvalue weighted by atomic mass is 35.5. The molecule has 1 saturated heterocycles. The minimum Gasteiger partial charge on any atom is -0.383 e. The first kappa shape index (κ1) is 28.3. The van der Waals surface area contributed by atoms with E-state index in [9.17, 15) is 22.8 Å². The number of hydrogen-bond acceptors (Lipinski definition) is 9. The molecule has 0 bridgehead atoms. The summed E-state index contributed by atoms with van der Waals surface area (Å²) in [5.74, 6) is -0.678. The minimum atomic E-state index is -4.44. The summed E-state index contributed by atoms with van der Waals surface area (Å²) in [5.41, 5.74) is 6.51. The molecule has 220 valence electrons. The highest BCUT2D eigenvalue weighted by Gasteiger charge is 2.67. The third-order valence-corrected chi connectivity index (χ3v) is 8.25. The van der Waals surface area contributed by atoms with E-state index in [1.165, 1.54) is 24.5 Å². The van der Waals surface area contributed by atoms with Gasteiger partial charge < -0.3 is 20.8 Å². The molecule has 4 heterocycles. The van der Waals surface area contributed by atoms with Gasteiger partial charge in [-0.2, -0.15) is 22.8 Å². The van der Waals surface area contributed by atoms with Gasteiger partial charge >= 0.3 is 6.18 Å². The molecule has 1 aliphatic carbocycles. The maximum Gasteiger partial charge on any atom is 0.413 e. The van der Waals surface area contributed by atoms with Crippen molar-refractivity contribution in [1.82, 2.24) is 25.9 Å². The third-order valence-electron chi connectivity index (χ3n) is 7.97. The van der Waals surface area contributed by atoms with Crippen LogP contribution in [0.1, 0.15) is 42.6 Å². The number of anilines is 2. The van der Waals surface area contributed by atoms with Crippen molar-refractivity contribution in [2.45, 2.75) is 44.4 Å². The second-order valence-corrected chi connectivity index (χ2v) is 11.7. The highest BCUT2D eigenvalue weighted by molar-refractivity contribution is 6.35. The Bertz CT molecular complexity index is 1630. The molecule has 3 aliphatic rings. The number of hydrogen-bond donors (Lipinski definition) is 4. The number of aryl methyl sites for hydroxylation is 1. The number of alkyl halides is 3. The van der Waals surface area contributed by atoms with Crippen molar-refractivity contribution >= 4 is 33.9 Å². The quantitative estimate of drug-likeness (QED) is 0.197. The molecule has 1 atom stereocenters. The molecular formula is C28H27ClF4N8O. The molecule has 2 fully saturated rings. The predicted octanol–water partition coefficient (Wildman–Crippen LogP) is 5.47. The Morgan fingerprint density at radius 3 is 2.64 bits per heavy atom. The summed E-state index contributed by atoms with van der Waals surface area (Å²) in [4.78, 5) is 8.32. The number of aromatic nitrogens is 2. The fraction of sp³-hybridized carbons (Fsp3) is 0.393. The summed E-state index contributed by atoms with van der Waals surface area (Å²) in [6.07, 6.45) is -1.69. The number of benzene rings is 1. The van der Waals surface area contributed by atoms with Crippen LogP contribution in [0, 0.1) is 29.6 Å². The minimum absolute atomic E-state index is 0.0420. The Hall–Kier alpha value is -3.86. The van der Waals surface area contributed by atoms with Crippen molar-refractivity contribution in [1.29, 1.82) is 5.26 Å². The molecule has 4 N–H and O–H groups in total. The van der Waals surface area contributed by atoms with Crippen LogP contribution in [0.25, 0.3) is 10.9 Å². The van der Waals surface area contributed by atoms with Crippen LogP contribution in [0.3, 0.4) is 0 Å². The number of rotatable bonds is 8. The Labute approximate surface area is 243 Å². The second kappa shape index (κ2) is 10.1. The van der Waals surface area contributed by atoms with Gasteiger partial charge in [0.15, 0.2) is 5.54 Å². The summed E-state index contributed by atoms with van der Waals surface area (Å²) < 4.78 is 60.8. The number of pyridine rings is 2. The van der Waals surface area contributed by atoms with Gasteiger partial charge in [0.25, 0.3) is 0 Å². The fourth-order valence-corrected chi connectivity index (χ4v) is 5.56. The number of halogens is 5. The van der Waals surface area contributed by atoms with E-state index in [0.29, 0.717) is 69.6 Å². The van der Waals surface area contributed by atoms with Crippen molar-refractivity contribution in [3.63, 3.8) is 0 Å². The third kappa shape index (κ3) is 4.93. The summed E-state index contributed by atoms with van der Waals surface area (Å²) in [6.45, 7) is 5.43. The van der Waals surface area contributed by atoms with Gasteiger partial charge in [0.1, 0.15) is 6.07 Å². The molecular weight excluding hydrogens is 576 g/mol. The first-order chi connectivity index (χ1) is 19.9. The molecule has 0 radical (unpaired) electrons. The molecule has 1 saturated carbocycles. The number of nitrogens with zero attached hydrogens (tertiary/aromatic N) is 4. The Morgan fingerprint density at radius 2 is 2.02 bits per heavy atom. The van der Waals surface area contributed by atoms with E-state index in [4.69, 9.17) is 16.3 Å². The van der Waals surface area contributed by atoms with Gasteiger partial charge in [-0.25, -0.2) is 4.98 Å². The number of nitriles is 1. The molecule has 2 aromatic heterocycles. The first-order valence-electron chi connectivity index (χ1n) is 13.3. The predicted molar refractivity (Wildman–Crippen MR) is 148 cm³/mol. The molecule has 9 nitrogen and oxygen atoms in total. The topological polar surface area (TPSA) is 110 Å². The average molecular weight is 603 g/mol. The highest BCUT2D eigenvalue weighted by Crippen LogP contribution is 2.53. The Morgan fingerprint density at radius 1 is 1.26 bits per heavy atom. The Balaban J connectivity index is 1.40. The average Bonchev–Trinajstić information content (AvgIpc) is 3.61. The van der Waals surface area contributed by atoms with Crippen LogP contribution in [-0.4, -0.2) is 46.5 Å². The molecule has 3 aromatic rings. The number of ether oxygens (including phenoxy) is 1. The van der Waals surface area contributed by atoms with Crippen LogP contribution >= 0.6 is 11.6 Å². The molecule has 14 heteroatoms. The van der Waals surface area contributed by atoms with Crippen LogP contribution in [0.5, 0.6) is 0 Å². The maximum absolute atomic E-state index is 13.9. The van der Waals surface area contributed by atoms with Gasteiger partial charge in [-0.3, -0.25) is 9.99 Å². The first-order valence-corrected chi connectivity index (χ1v) is 13.6. The van der Waals surface area contributed by atoms with Crippen molar-refractivity contribution in [2.75, 3.05) is 30.4 Å². The lowest BCUT2D eigenvalue weighted by atomic mass is 9.88. The number of nitrogens with one attached hydrogen (secondary N) is 4. The number of hydrazine groups is 2. The SMILES string of the molecule is Cc1nc(F)ccc1[C@H](Nc1cc(Cl)c2ncc(C#N)c(NCC3(C)COC3)c2c1)C1=CN(C2(C(F)(F)F)CC2)NN1. The summed E-state index contributed by atoms with van der Waals surface area (Å²) >= 11 is 6.67. The second-order valence-electron chi connectivity index (χ2n) is 11.3. The van der Waals surface area contributed by atoms with Gasteiger partial charge in [-0.1, -0.05) is 24.6 Å². The van der Waals surface area contributed by atoms with E-state index in [0.717, 1.165) is 5.01 Å². The zero-order valence-electron chi connectivity index (χ0n) is 22.7. The lowest BCUT2D eigenvalue weighted by molar-refractivity contribution is -0.195. The standard InChI is InChI=1S/C28H27ClF4N8O/c1-15-18(3-4-22(30)37-15)25(21-11-41(40-39-21)27(5-6-27)28(31,32)33)38-17-7-19-23(36-12-26(2)13-42-14-26)16(9-34)10-35-24(19)20(29)8-17/h3-4,7-8,10-11,25,38-40H,5-6,12-14H2,1-2H3,(H,35,36)/t25-/m0/s1. The van der Waals surface area contributed by atoms with E-state index in [2.05, 4.69) is 44.6 Å². The van der Waals surface area contributed by atoms with E-state index in [-0.39, 0.29) is 18.3 Å². The zero-order chi connectivity index (χ0) is 29.9. The Kier molecular flexibility index (Phi) is 6.83. The molecule has 0 amide bonds. The molecule has 6 rings (SSSR count). The van der Waals surface area contributed by atoms with Crippen molar-refractivity contribution < 1.29 is 22.3 Å². The normalized spacial score (nSPS) is 19.4. The smallest absolute Gasteiger partial charge is 0.383 e. The van der Waals surface area contributed by atoms with E-state index in [1.807, 2.05) is 0 Å². The van der Waals surface area contributed by atoms with Gasteiger partial charge in [0.2, 0.25) is 5.95 Å². The van der Waals surface area contributed by atoms with Crippen LogP contribution in [0.2, 0.25) is 5.02 Å². The summed E-state index contributed by atoms with van der Waals surface area (Å²) in [7, 11) is 0. The molecule has 0 spiro atoms. The summed E-state index contributed by atoms with van der Waals surface area (Å²) in [5, 5.41) is 18.4. The zero-order valence-corrected chi connectivity index (χ0v) is 23.4. The monoisotopic (exact) mass is 602 g/mol. The number of fused-ring (bicyclic) bond motifs is 1. The van der Waals surface area contributed by atoms with Gasteiger partial charge in [0.05, 0.1) is 46.7 Å². The van der Waals surface area contributed by atoms with Crippen molar-refractivity contribution in [2.24, 2.45) is 5.41 Å². The van der Waals surface area contributed by atoms with E-state index >= 15 is 0 Å². The van der Waals surface area contributed by atoms with Gasteiger partial charge in [-0.15, -0.1) is 5.53 Å². The largest absolute Gasteiger partial charge is 0.413 e. The van der Waals surface area contributed by atoms with Crippen LogP contribution in [0.4, 0.5) is 28.9 Å². The molecule has 2 aliphatic heterocycles. The van der Waals surface area contributed by atoms with Crippen molar-refractivity contribution in [3.05, 3.63) is 70.2 Å². The van der Waals surface area contributed by atoms with Crippen LogP contribution in [0.15, 0.2) is 42.4 Å². The van der Waals surface area contributed by atoms with E-state index in [1.54, 1.807) is 19.1 Å².